The Hall–Kier alpha value is -1.84. The third-order valence-corrected chi connectivity index (χ3v) is 4.73. The third kappa shape index (κ3) is 4.12. The van der Waals surface area contributed by atoms with Crippen LogP contribution >= 0.6 is 0 Å². The molecule has 0 saturated carbocycles. The minimum absolute atomic E-state index is 0.0467. The van der Waals surface area contributed by atoms with E-state index in [1.807, 2.05) is 56.0 Å². The average Bonchev–Trinajstić information content (AvgIpc) is 2.59. The van der Waals surface area contributed by atoms with Crippen LogP contribution in [0.3, 0.4) is 0 Å². The van der Waals surface area contributed by atoms with E-state index in [4.69, 9.17) is 0 Å². The predicted octanol–water partition coefficient (Wildman–Crippen LogP) is 2.73. The number of benzene rings is 1. The van der Waals surface area contributed by atoms with Crippen molar-refractivity contribution in [3.8, 4) is 0 Å². The molecular weight excluding hydrogens is 288 g/mol. The Bertz CT molecular complexity index is 532. The monoisotopic (exact) mass is 316 g/mol. The number of likely N-dealkylation sites (tertiary alicyclic amines) is 1. The first-order chi connectivity index (χ1) is 11.0. The summed E-state index contributed by atoms with van der Waals surface area (Å²) in [5.74, 6) is 0.336. The fourth-order valence-electron chi connectivity index (χ4n) is 3.11. The molecule has 1 N–H and O–H groups in total. The lowest BCUT2D eigenvalue weighted by atomic mass is 9.82. The molecule has 23 heavy (non-hydrogen) atoms. The van der Waals surface area contributed by atoms with Gasteiger partial charge in [-0.15, -0.1) is 0 Å². The summed E-state index contributed by atoms with van der Waals surface area (Å²) in [6.45, 7) is 8.07. The molecule has 0 aromatic heterocycles. The van der Waals surface area contributed by atoms with Gasteiger partial charge in [0.15, 0.2) is 0 Å². The van der Waals surface area contributed by atoms with Gasteiger partial charge < -0.3 is 10.2 Å². The van der Waals surface area contributed by atoms with E-state index >= 15 is 0 Å². The van der Waals surface area contributed by atoms with Crippen molar-refractivity contribution in [1.82, 2.24) is 10.2 Å². The summed E-state index contributed by atoms with van der Waals surface area (Å²) >= 11 is 0. The van der Waals surface area contributed by atoms with E-state index in [2.05, 4.69) is 5.32 Å². The Morgan fingerprint density at radius 2 is 1.78 bits per heavy atom. The van der Waals surface area contributed by atoms with Crippen molar-refractivity contribution < 1.29 is 9.59 Å². The van der Waals surface area contributed by atoms with E-state index in [9.17, 15) is 9.59 Å². The Labute approximate surface area is 139 Å². The molecule has 126 valence electrons. The quantitative estimate of drug-likeness (QED) is 0.908. The van der Waals surface area contributed by atoms with Crippen LogP contribution in [0.15, 0.2) is 30.3 Å². The maximum absolute atomic E-state index is 12.9. The van der Waals surface area contributed by atoms with Crippen LogP contribution in [0.1, 0.15) is 45.6 Å². The molecule has 1 aromatic carbocycles. The van der Waals surface area contributed by atoms with Crippen LogP contribution in [0.25, 0.3) is 0 Å². The molecule has 1 aromatic rings. The number of hydrogen-bond donors (Lipinski definition) is 1. The van der Waals surface area contributed by atoms with Gasteiger partial charge in [0.25, 0.3) is 0 Å². The summed E-state index contributed by atoms with van der Waals surface area (Å²) in [4.78, 5) is 26.8. The van der Waals surface area contributed by atoms with Gasteiger partial charge in [-0.25, -0.2) is 0 Å². The molecule has 0 atom stereocenters. The first-order valence-corrected chi connectivity index (χ1v) is 8.59. The van der Waals surface area contributed by atoms with Crippen molar-refractivity contribution in [1.29, 1.82) is 0 Å². The SMILES string of the molecule is CCCNC(=O)C1CCN(C(=O)C(C)(C)c2ccccc2)CC1. The second-order valence-corrected chi connectivity index (χ2v) is 6.85. The van der Waals surface area contributed by atoms with Gasteiger partial charge >= 0.3 is 0 Å². The number of rotatable bonds is 5. The molecule has 0 aliphatic carbocycles. The number of nitrogens with one attached hydrogen (secondary N) is 1. The molecule has 0 radical (unpaired) electrons. The molecule has 0 bridgehead atoms. The van der Waals surface area contributed by atoms with Gasteiger partial charge in [-0.2, -0.15) is 0 Å². The second-order valence-electron chi connectivity index (χ2n) is 6.85. The number of carbonyl (C=O) groups is 2. The Morgan fingerprint density at radius 1 is 1.17 bits per heavy atom. The molecule has 1 saturated heterocycles. The highest BCUT2D eigenvalue weighted by Gasteiger charge is 2.36. The number of carbonyl (C=O) groups excluding carboxylic acids is 2. The fourth-order valence-corrected chi connectivity index (χ4v) is 3.11. The van der Waals surface area contributed by atoms with Gasteiger partial charge in [0.2, 0.25) is 11.8 Å². The van der Waals surface area contributed by atoms with Gasteiger partial charge in [-0.3, -0.25) is 9.59 Å². The van der Waals surface area contributed by atoms with Crippen LogP contribution < -0.4 is 5.32 Å². The first kappa shape index (κ1) is 17.5. The summed E-state index contributed by atoms with van der Waals surface area (Å²) in [5.41, 5.74) is 0.506. The second kappa shape index (κ2) is 7.62. The lowest BCUT2D eigenvalue weighted by Gasteiger charge is -2.36. The maximum Gasteiger partial charge on any atom is 0.232 e. The molecule has 2 rings (SSSR count). The van der Waals surface area contributed by atoms with Gasteiger partial charge in [-0.05, 0) is 38.7 Å². The highest BCUT2D eigenvalue weighted by Crippen LogP contribution is 2.28. The van der Waals surface area contributed by atoms with Crippen molar-refractivity contribution in [2.75, 3.05) is 19.6 Å². The summed E-state index contributed by atoms with van der Waals surface area (Å²) in [6.07, 6.45) is 2.46. The smallest absolute Gasteiger partial charge is 0.232 e. The normalized spacial score (nSPS) is 16.2. The maximum atomic E-state index is 12.9. The minimum Gasteiger partial charge on any atom is -0.356 e. The van der Waals surface area contributed by atoms with Crippen LogP contribution in [-0.4, -0.2) is 36.3 Å². The van der Waals surface area contributed by atoms with Crippen LogP contribution in [0.2, 0.25) is 0 Å². The average molecular weight is 316 g/mol. The number of nitrogens with zero attached hydrogens (tertiary/aromatic N) is 1. The number of piperidine rings is 1. The largest absolute Gasteiger partial charge is 0.356 e. The number of amides is 2. The third-order valence-electron chi connectivity index (χ3n) is 4.73. The molecule has 0 unspecified atom stereocenters. The highest BCUT2D eigenvalue weighted by atomic mass is 16.2. The van der Waals surface area contributed by atoms with Gasteiger partial charge in [0, 0.05) is 25.6 Å². The van der Waals surface area contributed by atoms with Crippen LogP contribution in [0.5, 0.6) is 0 Å². The molecule has 1 aliphatic heterocycles. The first-order valence-electron chi connectivity index (χ1n) is 8.59. The summed E-state index contributed by atoms with van der Waals surface area (Å²) in [6, 6.07) is 9.90. The standard InChI is InChI=1S/C19H28N2O2/c1-4-12-20-17(22)15-10-13-21(14-11-15)18(23)19(2,3)16-8-6-5-7-9-16/h5-9,15H,4,10-14H2,1-3H3,(H,20,22). The van der Waals surface area contributed by atoms with Crippen molar-refractivity contribution in [3.05, 3.63) is 35.9 Å². The predicted molar refractivity (Wildman–Crippen MR) is 92.1 cm³/mol. The van der Waals surface area contributed by atoms with Gasteiger partial charge in [0.1, 0.15) is 0 Å². The topological polar surface area (TPSA) is 49.4 Å². The molecule has 1 aliphatic rings. The molecule has 4 heteroatoms. The van der Waals surface area contributed by atoms with Gasteiger partial charge in [-0.1, -0.05) is 37.3 Å². The van der Waals surface area contributed by atoms with E-state index < -0.39 is 5.41 Å². The molecule has 1 heterocycles. The zero-order valence-corrected chi connectivity index (χ0v) is 14.5. The van der Waals surface area contributed by atoms with Crippen molar-refractivity contribution in [2.45, 2.75) is 45.4 Å². The molecule has 2 amide bonds. The molecule has 0 spiro atoms. The summed E-state index contributed by atoms with van der Waals surface area (Å²) < 4.78 is 0. The summed E-state index contributed by atoms with van der Waals surface area (Å²) in [7, 11) is 0. The lowest BCUT2D eigenvalue weighted by Crippen LogP contribution is -2.48. The van der Waals surface area contributed by atoms with Crippen molar-refractivity contribution in [3.63, 3.8) is 0 Å². The molecular formula is C19H28N2O2. The Morgan fingerprint density at radius 3 is 2.35 bits per heavy atom. The fraction of sp³-hybridized carbons (Fsp3) is 0.579. The molecule has 4 nitrogen and oxygen atoms in total. The van der Waals surface area contributed by atoms with E-state index in [1.165, 1.54) is 0 Å². The summed E-state index contributed by atoms with van der Waals surface area (Å²) in [5, 5.41) is 2.96. The number of hydrogen-bond acceptors (Lipinski definition) is 2. The van der Waals surface area contributed by atoms with Crippen molar-refractivity contribution in [2.24, 2.45) is 5.92 Å². The lowest BCUT2D eigenvalue weighted by molar-refractivity contribution is -0.139. The highest BCUT2D eigenvalue weighted by molar-refractivity contribution is 5.87. The zero-order valence-electron chi connectivity index (χ0n) is 14.5. The van der Waals surface area contributed by atoms with E-state index in [1.54, 1.807) is 0 Å². The van der Waals surface area contributed by atoms with E-state index in [0.29, 0.717) is 13.1 Å². The van der Waals surface area contributed by atoms with Crippen molar-refractivity contribution >= 4 is 11.8 Å². The van der Waals surface area contributed by atoms with Crippen LogP contribution in [0.4, 0.5) is 0 Å². The zero-order chi connectivity index (χ0) is 16.9. The van der Waals surface area contributed by atoms with Crippen LogP contribution in [-0.2, 0) is 15.0 Å². The van der Waals surface area contributed by atoms with E-state index in [0.717, 1.165) is 31.4 Å². The van der Waals surface area contributed by atoms with E-state index in [-0.39, 0.29) is 17.7 Å². The van der Waals surface area contributed by atoms with Gasteiger partial charge in [0.05, 0.1) is 5.41 Å². The van der Waals surface area contributed by atoms with Crippen LogP contribution in [0, 0.1) is 5.92 Å². The molecule has 1 fully saturated rings. The Kier molecular flexibility index (Phi) is 5.80. The minimum atomic E-state index is -0.529. The Balaban J connectivity index is 1.94.